The Kier molecular flexibility index (Phi) is 7.97. The number of carboxylic acids is 1. The highest BCUT2D eigenvalue weighted by atomic mass is 16.5. The molecule has 2 amide bonds. The van der Waals surface area contributed by atoms with E-state index in [1.54, 1.807) is 87.0 Å². The minimum atomic E-state index is -1.81. The van der Waals surface area contributed by atoms with Gasteiger partial charge in [0.15, 0.2) is 5.78 Å². The number of urea groups is 1. The number of ketones is 1. The Hall–Kier alpha value is -5.11. The molecule has 0 aliphatic carbocycles. The number of aliphatic carboxylic acids is 1. The van der Waals surface area contributed by atoms with Gasteiger partial charge in [0.1, 0.15) is 17.0 Å². The fourth-order valence-corrected chi connectivity index (χ4v) is 6.00. The average Bonchev–Trinajstić information content (AvgIpc) is 3.32. The Balaban J connectivity index is 1.73. The van der Waals surface area contributed by atoms with Crippen LogP contribution in [0.15, 0.2) is 109 Å². The van der Waals surface area contributed by atoms with Crippen molar-refractivity contribution in [2.45, 2.75) is 24.4 Å². The van der Waals surface area contributed by atoms with E-state index in [1.165, 1.54) is 11.8 Å². The Morgan fingerprint density at radius 1 is 0.738 bits per heavy atom. The summed E-state index contributed by atoms with van der Waals surface area (Å²) >= 11 is 0. The lowest BCUT2D eigenvalue weighted by Crippen LogP contribution is -2.55. The van der Waals surface area contributed by atoms with Crippen molar-refractivity contribution < 1.29 is 29.0 Å². The number of hydrogen-bond acceptors (Lipinski definition) is 5. The molecule has 1 aliphatic heterocycles. The number of amides is 2. The number of methoxy groups -OCH3 is 2. The number of benzene rings is 4. The molecule has 4 aromatic rings. The summed E-state index contributed by atoms with van der Waals surface area (Å²) in [6, 6.07) is 30.1. The van der Waals surface area contributed by atoms with E-state index in [9.17, 15) is 19.5 Å². The van der Waals surface area contributed by atoms with Crippen LogP contribution in [0.4, 0.5) is 10.5 Å². The lowest BCUT2D eigenvalue weighted by molar-refractivity contribution is -0.148. The number of nitrogens with zero attached hydrogens (tertiary/aromatic N) is 1. The molecular formula is C34H32N2O6. The van der Waals surface area contributed by atoms with Crippen LogP contribution in [0.5, 0.6) is 11.5 Å². The molecule has 8 heteroatoms. The first-order chi connectivity index (χ1) is 20.3. The van der Waals surface area contributed by atoms with Crippen molar-refractivity contribution in [3.05, 3.63) is 126 Å². The highest BCUT2D eigenvalue weighted by Crippen LogP contribution is 2.56. The first-order valence-electron chi connectivity index (χ1n) is 13.6. The van der Waals surface area contributed by atoms with Crippen molar-refractivity contribution in [2.24, 2.45) is 5.92 Å². The smallest absolute Gasteiger partial charge is 0.330 e. The molecule has 4 atom stereocenters. The largest absolute Gasteiger partial charge is 0.497 e. The second-order valence-electron chi connectivity index (χ2n) is 10.3. The summed E-state index contributed by atoms with van der Waals surface area (Å²) in [5.74, 6) is -2.07. The van der Waals surface area contributed by atoms with E-state index in [1.807, 2.05) is 36.4 Å². The lowest BCUT2D eigenvalue weighted by atomic mass is 9.71. The molecule has 214 valence electrons. The molecule has 42 heavy (non-hydrogen) atoms. The van der Waals surface area contributed by atoms with Crippen molar-refractivity contribution in [1.82, 2.24) is 4.90 Å². The van der Waals surface area contributed by atoms with Gasteiger partial charge in [0, 0.05) is 17.2 Å². The zero-order valence-electron chi connectivity index (χ0n) is 23.6. The third-order valence-electron chi connectivity index (χ3n) is 8.05. The van der Waals surface area contributed by atoms with E-state index < -0.39 is 35.4 Å². The van der Waals surface area contributed by atoms with E-state index in [-0.39, 0.29) is 5.78 Å². The summed E-state index contributed by atoms with van der Waals surface area (Å²) in [5, 5.41) is 13.8. The van der Waals surface area contributed by atoms with Crippen LogP contribution in [0.2, 0.25) is 0 Å². The molecule has 0 saturated carbocycles. The van der Waals surface area contributed by atoms with Gasteiger partial charge in [-0.05, 0) is 54.4 Å². The van der Waals surface area contributed by atoms with Crippen LogP contribution in [0.3, 0.4) is 0 Å². The number of nitrogens with one attached hydrogen (secondary N) is 1. The van der Waals surface area contributed by atoms with Gasteiger partial charge in [0.25, 0.3) is 0 Å². The summed E-state index contributed by atoms with van der Waals surface area (Å²) in [7, 11) is 3.09. The van der Waals surface area contributed by atoms with Crippen molar-refractivity contribution in [3.63, 3.8) is 0 Å². The Morgan fingerprint density at radius 3 is 1.79 bits per heavy atom. The molecule has 0 aromatic heterocycles. The normalized spacial score (nSPS) is 21.4. The van der Waals surface area contributed by atoms with Crippen molar-refractivity contribution in [3.8, 4) is 11.5 Å². The number of hydrogen-bond donors (Lipinski definition) is 2. The SMILES string of the molecule is COc1ccc(NC(=O)N2C(c3ccc(OC)cc3)C(C(=O)c3ccccc3)C(c3ccccc3)C2(C)C(=O)O)cc1. The number of carbonyl (C=O) groups is 3. The van der Waals surface area contributed by atoms with Crippen LogP contribution in [0.1, 0.15) is 40.4 Å². The maximum atomic E-state index is 14.5. The molecule has 0 radical (unpaired) electrons. The van der Waals surface area contributed by atoms with E-state index in [4.69, 9.17) is 9.47 Å². The molecule has 1 aliphatic rings. The van der Waals surface area contributed by atoms with Gasteiger partial charge in [0.05, 0.1) is 26.2 Å². The predicted molar refractivity (Wildman–Crippen MR) is 159 cm³/mol. The number of Topliss-reactive ketones (excluding diaryl/α,β-unsaturated/α-hetero) is 1. The van der Waals surface area contributed by atoms with E-state index >= 15 is 0 Å². The van der Waals surface area contributed by atoms with Gasteiger partial charge in [-0.3, -0.25) is 9.69 Å². The summed E-state index contributed by atoms with van der Waals surface area (Å²) in [5.41, 5.74) is 0.344. The number of rotatable bonds is 8. The van der Waals surface area contributed by atoms with Crippen LogP contribution in [0, 0.1) is 5.92 Å². The number of anilines is 1. The summed E-state index contributed by atoms with van der Waals surface area (Å²) in [6.45, 7) is 1.52. The molecule has 0 spiro atoms. The van der Waals surface area contributed by atoms with Crippen molar-refractivity contribution in [1.29, 1.82) is 0 Å². The van der Waals surface area contributed by atoms with Gasteiger partial charge in [-0.25, -0.2) is 9.59 Å². The number of likely N-dealkylation sites (tertiary alicyclic amines) is 1. The monoisotopic (exact) mass is 564 g/mol. The lowest BCUT2D eigenvalue weighted by Gasteiger charge is -2.37. The van der Waals surface area contributed by atoms with Gasteiger partial charge in [-0.2, -0.15) is 0 Å². The molecule has 5 rings (SSSR count). The topological polar surface area (TPSA) is 105 Å². The predicted octanol–water partition coefficient (Wildman–Crippen LogP) is 6.42. The van der Waals surface area contributed by atoms with E-state index in [2.05, 4.69) is 5.32 Å². The number of ether oxygens (including phenoxy) is 2. The van der Waals surface area contributed by atoms with Crippen LogP contribution in [-0.4, -0.2) is 47.5 Å². The van der Waals surface area contributed by atoms with Gasteiger partial charge in [-0.1, -0.05) is 72.8 Å². The molecule has 1 fully saturated rings. The molecular weight excluding hydrogens is 532 g/mol. The van der Waals surface area contributed by atoms with Gasteiger partial charge < -0.3 is 19.9 Å². The molecule has 2 N–H and O–H groups in total. The van der Waals surface area contributed by atoms with Gasteiger partial charge in [0.2, 0.25) is 0 Å². The van der Waals surface area contributed by atoms with Crippen LogP contribution in [0.25, 0.3) is 0 Å². The summed E-state index contributed by atoms with van der Waals surface area (Å²) in [4.78, 5) is 43.4. The van der Waals surface area contributed by atoms with Crippen molar-refractivity contribution >= 4 is 23.5 Å². The number of carboxylic acid groups (broad SMARTS) is 1. The Bertz CT molecular complexity index is 1560. The zero-order valence-corrected chi connectivity index (χ0v) is 23.6. The van der Waals surface area contributed by atoms with E-state index in [0.717, 1.165) is 0 Å². The maximum Gasteiger partial charge on any atom is 0.330 e. The summed E-state index contributed by atoms with van der Waals surface area (Å²) < 4.78 is 10.6. The minimum absolute atomic E-state index is 0.252. The molecule has 0 bridgehead atoms. The fourth-order valence-electron chi connectivity index (χ4n) is 6.00. The van der Waals surface area contributed by atoms with Crippen LogP contribution >= 0.6 is 0 Å². The quantitative estimate of drug-likeness (QED) is 0.239. The first kappa shape index (κ1) is 28.4. The average molecular weight is 565 g/mol. The van der Waals surface area contributed by atoms with E-state index in [0.29, 0.717) is 33.9 Å². The van der Waals surface area contributed by atoms with Crippen LogP contribution in [-0.2, 0) is 4.79 Å². The third kappa shape index (κ3) is 5.07. The highest BCUT2D eigenvalue weighted by molar-refractivity contribution is 6.03. The minimum Gasteiger partial charge on any atom is -0.497 e. The summed E-state index contributed by atoms with van der Waals surface area (Å²) in [6.07, 6.45) is 0. The molecule has 1 saturated heterocycles. The molecule has 8 nitrogen and oxygen atoms in total. The Labute approximate surface area is 244 Å². The Morgan fingerprint density at radius 2 is 1.26 bits per heavy atom. The second kappa shape index (κ2) is 11.8. The number of carbonyl (C=O) groups excluding carboxylic acids is 2. The maximum absolute atomic E-state index is 14.5. The fraction of sp³-hybridized carbons (Fsp3) is 0.206. The van der Waals surface area contributed by atoms with Crippen LogP contribution < -0.4 is 14.8 Å². The molecule has 4 aromatic carbocycles. The zero-order chi connectivity index (χ0) is 29.9. The highest BCUT2D eigenvalue weighted by Gasteiger charge is 2.65. The standard InChI is InChI=1S/C34H32N2O6/c1-34(32(38)39)29(22-10-6-4-7-11-22)28(31(37)24-12-8-5-9-13-24)30(23-14-18-26(41-2)19-15-23)36(34)33(40)35-25-16-20-27(42-3)21-17-25/h4-21,28-30H,1-3H3,(H,35,40)(H,38,39). The second-order valence-corrected chi connectivity index (χ2v) is 10.3. The van der Waals surface area contributed by atoms with Gasteiger partial charge in [-0.15, -0.1) is 0 Å². The van der Waals surface area contributed by atoms with Crippen molar-refractivity contribution in [2.75, 3.05) is 19.5 Å². The van der Waals surface area contributed by atoms with Gasteiger partial charge >= 0.3 is 12.0 Å². The first-order valence-corrected chi connectivity index (χ1v) is 13.6. The third-order valence-corrected chi connectivity index (χ3v) is 8.05. The molecule has 1 heterocycles. The molecule has 4 unspecified atom stereocenters.